The normalized spacial score (nSPS) is 17.0. The minimum absolute atomic E-state index is 0.0867. The number of aryl methyl sites for hydroxylation is 2. The number of carbonyl (C=O) groups excluding carboxylic acids is 1. The van der Waals surface area contributed by atoms with Gasteiger partial charge in [0.2, 0.25) is 15.9 Å². The fraction of sp³-hybridized carbons (Fsp3) is 0.588. The van der Waals surface area contributed by atoms with E-state index in [4.69, 9.17) is 11.6 Å². The topological polar surface area (TPSA) is 66.5 Å². The van der Waals surface area contributed by atoms with E-state index >= 15 is 0 Å². The van der Waals surface area contributed by atoms with Gasteiger partial charge < -0.3 is 5.32 Å². The fourth-order valence-electron chi connectivity index (χ4n) is 3.08. The van der Waals surface area contributed by atoms with Crippen LogP contribution in [0.2, 0.25) is 5.02 Å². The maximum atomic E-state index is 12.5. The molecule has 1 heterocycles. The quantitative estimate of drug-likeness (QED) is 0.861. The molecule has 1 amide bonds. The third-order valence-corrected chi connectivity index (χ3v) is 6.73. The van der Waals surface area contributed by atoms with Gasteiger partial charge in [-0.2, -0.15) is 0 Å². The van der Waals surface area contributed by atoms with Gasteiger partial charge in [0.25, 0.3) is 0 Å². The second-order valence-corrected chi connectivity index (χ2v) is 8.91. The van der Waals surface area contributed by atoms with E-state index in [1.807, 2.05) is 32.9 Å². The van der Waals surface area contributed by atoms with Gasteiger partial charge in [-0.1, -0.05) is 24.6 Å². The van der Waals surface area contributed by atoms with Gasteiger partial charge >= 0.3 is 0 Å². The third kappa shape index (κ3) is 4.49. The van der Waals surface area contributed by atoms with Crippen LogP contribution in [0.25, 0.3) is 0 Å². The molecule has 1 aromatic carbocycles. The second-order valence-electron chi connectivity index (χ2n) is 6.42. The SMILES string of the molecule is CCCS(=O)(=O)N1CCC(C(=O)Nc2c(C)cc(C)cc2Cl)CC1. The largest absolute Gasteiger partial charge is 0.324 e. The van der Waals surface area contributed by atoms with Crippen molar-refractivity contribution < 1.29 is 13.2 Å². The summed E-state index contributed by atoms with van der Waals surface area (Å²) >= 11 is 6.23. The van der Waals surface area contributed by atoms with Crippen molar-refractivity contribution in [2.24, 2.45) is 5.92 Å². The van der Waals surface area contributed by atoms with Crippen LogP contribution < -0.4 is 5.32 Å². The zero-order valence-corrected chi connectivity index (χ0v) is 16.0. The van der Waals surface area contributed by atoms with Gasteiger partial charge in [0.15, 0.2) is 0 Å². The Kier molecular flexibility index (Phi) is 6.28. The van der Waals surface area contributed by atoms with Gasteiger partial charge in [-0.25, -0.2) is 12.7 Å². The zero-order valence-electron chi connectivity index (χ0n) is 14.4. The molecule has 1 aliphatic heterocycles. The van der Waals surface area contributed by atoms with Crippen molar-refractivity contribution in [1.29, 1.82) is 0 Å². The number of amides is 1. The van der Waals surface area contributed by atoms with E-state index in [0.29, 0.717) is 43.1 Å². The Morgan fingerprint density at radius 3 is 2.46 bits per heavy atom. The smallest absolute Gasteiger partial charge is 0.227 e. The number of carbonyl (C=O) groups is 1. The van der Waals surface area contributed by atoms with Crippen molar-refractivity contribution in [3.05, 3.63) is 28.3 Å². The summed E-state index contributed by atoms with van der Waals surface area (Å²) in [4.78, 5) is 12.5. The van der Waals surface area contributed by atoms with Crippen molar-refractivity contribution in [1.82, 2.24) is 4.31 Å². The first-order chi connectivity index (χ1) is 11.2. The van der Waals surface area contributed by atoms with Crippen LogP contribution in [-0.2, 0) is 14.8 Å². The Balaban J connectivity index is 1.99. The van der Waals surface area contributed by atoms with Crippen LogP contribution in [-0.4, -0.2) is 37.5 Å². The molecule has 1 saturated heterocycles. The lowest BCUT2D eigenvalue weighted by Gasteiger charge is -2.30. The summed E-state index contributed by atoms with van der Waals surface area (Å²) in [7, 11) is -3.18. The minimum atomic E-state index is -3.18. The molecular weight excluding hydrogens is 348 g/mol. The highest BCUT2D eigenvalue weighted by atomic mass is 35.5. The predicted molar refractivity (Wildman–Crippen MR) is 97.9 cm³/mol. The van der Waals surface area contributed by atoms with Gasteiger partial charge in [-0.3, -0.25) is 4.79 Å². The van der Waals surface area contributed by atoms with Crippen LogP contribution in [0.5, 0.6) is 0 Å². The summed E-state index contributed by atoms with van der Waals surface area (Å²) in [5, 5.41) is 3.45. The number of rotatable bonds is 5. The van der Waals surface area contributed by atoms with Crippen molar-refractivity contribution in [2.45, 2.75) is 40.0 Å². The Bertz CT molecular complexity index is 688. The number of nitrogens with zero attached hydrogens (tertiary/aromatic N) is 1. The average molecular weight is 373 g/mol. The molecule has 0 aliphatic carbocycles. The molecule has 0 bridgehead atoms. The number of hydrogen-bond acceptors (Lipinski definition) is 3. The Labute approximate surface area is 149 Å². The first-order valence-corrected chi connectivity index (χ1v) is 10.3. The van der Waals surface area contributed by atoms with Crippen molar-refractivity contribution in [3.8, 4) is 0 Å². The molecule has 1 aromatic rings. The van der Waals surface area contributed by atoms with E-state index in [0.717, 1.165) is 11.1 Å². The van der Waals surface area contributed by atoms with Gasteiger partial charge in [0.05, 0.1) is 16.5 Å². The highest BCUT2D eigenvalue weighted by Gasteiger charge is 2.30. The molecule has 0 atom stereocenters. The molecule has 1 N–H and O–H groups in total. The molecule has 0 unspecified atom stereocenters. The van der Waals surface area contributed by atoms with Crippen LogP contribution in [0.1, 0.15) is 37.3 Å². The highest BCUT2D eigenvalue weighted by Crippen LogP contribution is 2.29. The number of nitrogens with one attached hydrogen (secondary N) is 1. The van der Waals surface area contributed by atoms with E-state index in [1.54, 1.807) is 0 Å². The number of piperidine rings is 1. The standard InChI is InChI=1S/C17H25ClN2O3S/c1-4-9-24(22,23)20-7-5-14(6-8-20)17(21)19-16-13(3)10-12(2)11-15(16)18/h10-11,14H,4-9H2,1-3H3,(H,19,21). The van der Waals surface area contributed by atoms with Crippen LogP contribution in [0.15, 0.2) is 12.1 Å². The number of halogens is 1. The molecule has 0 saturated carbocycles. The van der Waals surface area contributed by atoms with Crippen LogP contribution in [0, 0.1) is 19.8 Å². The van der Waals surface area contributed by atoms with Gasteiger partial charge in [0, 0.05) is 19.0 Å². The predicted octanol–water partition coefficient (Wildman–Crippen LogP) is 3.35. The summed E-state index contributed by atoms with van der Waals surface area (Å²) < 4.78 is 25.7. The lowest BCUT2D eigenvalue weighted by atomic mass is 9.97. The molecule has 1 aliphatic rings. The molecule has 0 radical (unpaired) electrons. The Morgan fingerprint density at radius 1 is 1.29 bits per heavy atom. The zero-order chi connectivity index (χ0) is 17.9. The molecule has 2 rings (SSSR count). The van der Waals surface area contributed by atoms with Crippen molar-refractivity contribution in [3.63, 3.8) is 0 Å². The van der Waals surface area contributed by atoms with Crippen LogP contribution in [0.4, 0.5) is 5.69 Å². The molecule has 7 heteroatoms. The summed E-state index contributed by atoms with van der Waals surface area (Å²) in [6.45, 7) is 6.53. The molecule has 5 nitrogen and oxygen atoms in total. The summed E-state index contributed by atoms with van der Waals surface area (Å²) in [5.41, 5.74) is 2.62. The maximum Gasteiger partial charge on any atom is 0.227 e. The summed E-state index contributed by atoms with van der Waals surface area (Å²) in [5.74, 6) is -0.103. The van der Waals surface area contributed by atoms with Crippen LogP contribution in [0.3, 0.4) is 0 Å². The molecular formula is C17H25ClN2O3S. The molecule has 134 valence electrons. The van der Waals surface area contributed by atoms with E-state index in [-0.39, 0.29) is 17.6 Å². The summed E-state index contributed by atoms with van der Waals surface area (Å²) in [6.07, 6.45) is 1.68. The molecule has 0 spiro atoms. The molecule has 0 aromatic heterocycles. The number of hydrogen-bond donors (Lipinski definition) is 1. The van der Waals surface area contributed by atoms with Gasteiger partial charge in [-0.15, -0.1) is 0 Å². The lowest BCUT2D eigenvalue weighted by molar-refractivity contribution is -0.120. The van der Waals surface area contributed by atoms with E-state index in [1.165, 1.54) is 4.31 Å². The Morgan fingerprint density at radius 2 is 1.92 bits per heavy atom. The third-order valence-electron chi connectivity index (χ3n) is 4.36. The number of anilines is 1. The van der Waals surface area contributed by atoms with Crippen LogP contribution >= 0.6 is 11.6 Å². The second kappa shape index (κ2) is 7.85. The minimum Gasteiger partial charge on any atom is -0.324 e. The first kappa shape index (κ1) is 19.2. The molecule has 24 heavy (non-hydrogen) atoms. The van der Waals surface area contributed by atoms with Gasteiger partial charge in [0.1, 0.15) is 0 Å². The molecule has 1 fully saturated rings. The average Bonchev–Trinajstić information content (AvgIpc) is 2.50. The first-order valence-electron chi connectivity index (χ1n) is 8.30. The lowest BCUT2D eigenvalue weighted by Crippen LogP contribution is -2.42. The van der Waals surface area contributed by atoms with Crippen molar-refractivity contribution >= 4 is 33.2 Å². The van der Waals surface area contributed by atoms with Gasteiger partial charge in [-0.05, 0) is 50.3 Å². The number of sulfonamides is 1. The fourth-order valence-corrected chi connectivity index (χ4v) is 4.99. The van der Waals surface area contributed by atoms with E-state index in [2.05, 4.69) is 5.32 Å². The van der Waals surface area contributed by atoms with Crippen molar-refractivity contribution in [2.75, 3.05) is 24.2 Å². The monoisotopic (exact) mass is 372 g/mol. The number of benzene rings is 1. The highest BCUT2D eigenvalue weighted by molar-refractivity contribution is 7.89. The van der Waals surface area contributed by atoms with E-state index < -0.39 is 10.0 Å². The Hall–Kier alpha value is -1.11. The van der Waals surface area contributed by atoms with E-state index in [9.17, 15) is 13.2 Å². The maximum absolute atomic E-state index is 12.5. The summed E-state index contributed by atoms with van der Waals surface area (Å²) in [6, 6.07) is 3.80.